The van der Waals surface area contributed by atoms with E-state index in [4.69, 9.17) is 25.8 Å². The van der Waals surface area contributed by atoms with Crippen molar-refractivity contribution in [3.05, 3.63) is 64.2 Å². The zero-order valence-electron chi connectivity index (χ0n) is 15.5. The highest BCUT2D eigenvalue weighted by atomic mass is 35.5. The average molecular weight is 391 g/mol. The third-order valence-corrected chi connectivity index (χ3v) is 4.19. The molecule has 0 amide bonds. The van der Waals surface area contributed by atoms with Crippen LogP contribution in [0.5, 0.6) is 5.75 Å². The summed E-state index contributed by atoms with van der Waals surface area (Å²) < 4.78 is 15.9. The van der Waals surface area contributed by atoms with Gasteiger partial charge in [-0.1, -0.05) is 49.6 Å². The summed E-state index contributed by atoms with van der Waals surface area (Å²) in [6, 6.07) is 11.5. The van der Waals surface area contributed by atoms with E-state index in [2.05, 4.69) is 6.92 Å². The Morgan fingerprint density at radius 3 is 2.26 bits per heavy atom. The fraction of sp³-hybridized carbons (Fsp3) is 0.333. The molecule has 0 saturated carbocycles. The fourth-order valence-electron chi connectivity index (χ4n) is 2.49. The average Bonchev–Trinajstić information content (AvgIpc) is 2.69. The molecule has 27 heavy (non-hydrogen) atoms. The van der Waals surface area contributed by atoms with Crippen LogP contribution in [0.1, 0.15) is 52.5 Å². The Hall–Kier alpha value is -2.53. The lowest BCUT2D eigenvalue weighted by Gasteiger charge is -2.12. The smallest absolute Gasteiger partial charge is 0.339 e. The zero-order chi connectivity index (χ0) is 19.6. The second-order valence-electron chi connectivity index (χ2n) is 5.92. The lowest BCUT2D eigenvalue weighted by Crippen LogP contribution is -2.14. The van der Waals surface area contributed by atoms with Crippen molar-refractivity contribution in [1.29, 1.82) is 0 Å². The summed E-state index contributed by atoms with van der Waals surface area (Å²) in [5, 5.41) is 0.526. The molecule has 0 aromatic heterocycles. The lowest BCUT2D eigenvalue weighted by molar-refractivity contribution is 0.0434. The van der Waals surface area contributed by atoms with Crippen molar-refractivity contribution < 1.29 is 23.8 Å². The number of carbonyl (C=O) groups is 2. The van der Waals surface area contributed by atoms with Gasteiger partial charge in [-0.2, -0.15) is 0 Å². The molecule has 0 heterocycles. The van der Waals surface area contributed by atoms with Crippen LogP contribution >= 0.6 is 11.6 Å². The predicted octanol–water partition coefficient (Wildman–Crippen LogP) is 5.05. The van der Waals surface area contributed by atoms with Crippen LogP contribution in [0.15, 0.2) is 42.5 Å². The quantitative estimate of drug-likeness (QED) is 0.442. The maximum atomic E-state index is 12.5. The predicted molar refractivity (Wildman–Crippen MR) is 103 cm³/mol. The van der Waals surface area contributed by atoms with Crippen molar-refractivity contribution in [2.24, 2.45) is 0 Å². The van der Waals surface area contributed by atoms with Crippen LogP contribution in [-0.2, 0) is 16.1 Å². The van der Waals surface area contributed by atoms with Gasteiger partial charge in [0, 0.05) is 10.6 Å². The molecule has 0 saturated heterocycles. The van der Waals surface area contributed by atoms with Gasteiger partial charge in [-0.3, -0.25) is 0 Å². The van der Waals surface area contributed by atoms with E-state index in [1.54, 1.807) is 42.5 Å². The van der Waals surface area contributed by atoms with Crippen LogP contribution < -0.4 is 4.74 Å². The molecular weight excluding hydrogens is 368 g/mol. The van der Waals surface area contributed by atoms with Crippen molar-refractivity contribution in [1.82, 2.24) is 0 Å². The summed E-state index contributed by atoms with van der Waals surface area (Å²) in [5.74, 6) is -0.602. The number of hydrogen-bond donors (Lipinski definition) is 0. The Labute approximate surface area is 164 Å². The Kier molecular flexibility index (Phi) is 8.14. The van der Waals surface area contributed by atoms with Crippen LogP contribution in [-0.4, -0.2) is 25.7 Å². The maximum Gasteiger partial charge on any atom is 0.339 e. The summed E-state index contributed by atoms with van der Waals surface area (Å²) in [6.45, 7) is 2.40. The molecule has 0 N–H and O–H groups in total. The largest absolute Gasteiger partial charge is 0.496 e. The first-order chi connectivity index (χ1) is 13.1. The topological polar surface area (TPSA) is 61.8 Å². The minimum absolute atomic E-state index is 0.000935. The normalized spacial score (nSPS) is 10.3. The Bertz CT molecular complexity index is 788. The second-order valence-corrected chi connectivity index (χ2v) is 6.36. The Morgan fingerprint density at radius 2 is 1.63 bits per heavy atom. The third kappa shape index (κ3) is 6.00. The summed E-state index contributed by atoms with van der Waals surface area (Å²) in [5.41, 5.74) is 1.04. The molecule has 2 aromatic carbocycles. The van der Waals surface area contributed by atoms with Gasteiger partial charge < -0.3 is 14.2 Å². The van der Waals surface area contributed by atoms with Crippen LogP contribution in [0.4, 0.5) is 0 Å². The number of ether oxygens (including phenoxy) is 3. The molecule has 0 bridgehead atoms. The monoisotopic (exact) mass is 390 g/mol. The number of carbonyl (C=O) groups excluding carboxylic acids is 2. The van der Waals surface area contributed by atoms with E-state index < -0.39 is 11.9 Å². The number of methoxy groups -OCH3 is 1. The van der Waals surface area contributed by atoms with Gasteiger partial charge in [0.25, 0.3) is 0 Å². The molecule has 6 heteroatoms. The molecule has 144 valence electrons. The van der Waals surface area contributed by atoms with Crippen LogP contribution in [0.25, 0.3) is 0 Å². The van der Waals surface area contributed by atoms with Crippen molar-refractivity contribution in [3.8, 4) is 5.75 Å². The minimum Gasteiger partial charge on any atom is -0.496 e. The van der Waals surface area contributed by atoms with E-state index in [1.165, 1.54) is 7.11 Å². The molecular formula is C21H23ClO5. The van der Waals surface area contributed by atoms with E-state index in [-0.39, 0.29) is 17.7 Å². The van der Waals surface area contributed by atoms with Crippen LogP contribution in [0.3, 0.4) is 0 Å². The van der Waals surface area contributed by atoms with Gasteiger partial charge in [-0.25, -0.2) is 9.59 Å². The first-order valence-corrected chi connectivity index (χ1v) is 9.20. The molecule has 0 spiro atoms. The number of esters is 2. The Balaban J connectivity index is 2.05. The zero-order valence-corrected chi connectivity index (χ0v) is 16.3. The molecule has 5 nitrogen and oxygen atoms in total. The lowest BCUT2D eigenvalue weighted by atomic mass is 10.1. The van der Waals surface area contributed by atoms with Gasteiger partial charge >= 0.3 is 11.9 Å². The molecule has 0 aliphatic heterocycles. The van der Waals surface area contributed by atoms with Crippen molar-refractivity contribution >= 4 is 23.5 Å². The van der Waals surface area contributed by atoms with E-state index in [0.29, 0.717) is 22.9 Å². The third-order valence-electron chi connectivity index (χ3n) is 3.96. The molecule has 0 aliphatic rings. The SMILES string of the molecule is CCCCCOC(=O)c1ccccc1C(=O)OCc1ccc(Cl)cc1OC. The van der Waals surface area contributed by atoms with Crippen LogP contribution in [0, 0.1) is 0 Å². The van der Waals surface area contributed by atoms with Gasteiger partial charge in [-0.05, 0) is 30.7 Å². The van der Waals surface area contributed by atoms with Crippen molar-refractivity contribution in [3.63, 3.8) is 0 Å². The summed E-state index contributed by atoms with van der Waals surface area (Å²) in [7, 11) is 1.51. The van der Waals surface area contributed by atoms with Gasteiger partial charge in [0.15, 0.2) is 0 Å². The highest BCUT2D eigenvalue weighted by Crippen LogP contribution is 2.24. The van der Waals surface area contributed by atoms with Gasteiger partial charge in [0.2, 0.25) is 0 Å². The highest BCUT2D eigenvalue weighted by Gasteiger charge is 2.19. The maximum absolute atomic E-state index is 12.5. The summed E-state index contributed by atoms with van der Waals surface area (Å²) in [4.78, 5) is 24.8. The van der Waals surface area contributed by atoms with Crippen LogP contribution in [0.2, 0.25) is 5.02 Å². The number of halogens is 1. The van der Waals surface area contributed by atoms with Crippen molar-refractivity contribution in [2.45, 2.75) is 32.8 Å². The van der Waals surface area contributed by atoms with Crippen molar-refractivity contribution in [2.75, 3.05) is 13.7 Å². The van der Waals surface area contributed by atoms with E-state index in [0.717, 1.165) is 19.3 Å². The molecule has 0 fully saturated rings. The molecule has 0 unspecified atom stereocenters. The summed E-state index contributed by atoms with van der Waals surface area (Å²) in [6.07, 6.45) is 2.82. The molecule has 2 aromatic rings. The molecule has 0 aliphatic carbocycles. The number of unbranched alkanes of at least 4 members (excludes halogenated alkanes) is 2. The van der Waals surface area contributed by atoms with E-state index in [1.807, 2.05) is 0 Å². The van der Waals surface area contributed by atoms with Gasteiger partial charge in [0.1, 0.15) is 12.4 Å². The number of benzene rings is 2. The first kappa shape index (κ1) is 20.8. The number of rotatable bonds is 9. The first-order valence-electron chi connectivity index (χ1n) is 8.82. The second kappa shape index (κ2) is 10.6. The van der Waals surface area contributed by atoms with Gasteiger partial charge in [-0.15, -0.1) is 0 Å². The molecule has 2 rings (SSSR count). The van der Waals surface area contributed by atoms with E-state index >= 15 is 0 Å². The standard InChI is InChI=1S/C21H23ClO5/c1-3-4-7-12-26-20(23)17-8-5-6-9-18(17)21(24)27-14-15-10-11-16(22)13-19(15)25-2/h5-6,8-11,13H,3-4,7,12,14H2,1-2H3. The molecule has 0 radical (unpaired) electrons. The van der Waals surface area contributed by atoms with Gasteiger partial charge in [0.05, 0.1) is 24.8 Å². The minimum atomic E-state index is -0.604. The van der Waals surface area contributed by atoms with E-state index in [9.17, 15) is 9.59 Å². The highest BCUT2D eigenvalue weighted by molar-refractivity contribution is 6.30. The summed E-state index contributed by atoms with van der Waals surface area (Å²) >= 11 is 5.93. The molecule has 0 atom stereocenters. The Morgan fingerprint density at radius 1 is 0.963 bits per heavy atom. The fourth-order valence-corrected chi connectivity index (χ4v) is 2.65. The number of hydrogen-bond acceptors (Lipinski definition) is 5.